The number of aryl methyl sites for hydroxylation is 1. The van der Waals surface area contributed by atoms with E-state index in [4.69, 9.17) is 0 Å². The molecule has 0 saturated heterocycles. The lowest BCUT2D eigenvalue weighted by Gasteiger charge is -2.14. The average Bonchev–Trinajstić information content (AvgIpc) is 2.49. The van der Waals surface area contributed by atoms with Crippen LogP contribution >= 0.6 is 0 Å². The lowest BCUT2D eigenvalue weighted by molar-refractivity contribution is 0.897. The second kappa shape index (κ2) is 6.61. The van der Waals surface area contributed by atoms with Crippen LogP contribution in [0, 0.1) is 11.3 Å². The average molecular weight is 250 g/mol. The fraction of sp³-hybridized carbons (Fsp3) is 0.235. The summed E-state index contributed by atoms with van der Waals surface area (Å²) in [7, 11) is 0. The monoisotopic (exact) mass is 250 g/mol. The number of para-hydroxylation sites is 1. The van der Waals surface area contributed by atoms with E-state index in [0.29, 0.717) is 6.54 Å². The molecule has 0 aliphatic heterocycles. The van der Waals surface area contributed by atoms with Crippen LogP contribution in [0.15, 0.2) is 54.6 Å². The number of anilines is 1. The van der Waals surface area contributed by atoms with Gasteiger partial charge < -0.3 is 5.32 Å². The summed E-state index contributed by atoms with van der Waals surface area (Å²) < 4.78 is 0. The molecule has 0 bridgehead atoms. The highest BCUT2D eigenvalue weighted by Gasteiger charge is 2.10. The van der Waals surface area contributed by atoms with Gasteiger partial charge in [-0.15, -0.1) is 0 Å². The Hall–Kier alpha value is -2.27. The van der Waals surface area contributed by atoms with E-state index in [1.54, 1.807) is 0 Å². The van der Waals surface area contributed by atoms with Crippen molar-refractivity contribution >= 4 is 5.69 Å². The number of nitrogens with one attached hydrogen (secondary N) is 1. The molecular formula is C17H18N2. The van der Waals surface area contributed by atoms with Crippen LogP contribution in [0.4, 0.5) is 5.69 Å². The van der Waals surface area contributed by atoms with Gasteiger partial charge in [0.2, 0.25) is 0 Å². The van der Waals surface area contributed by atoms with E-state index in [-0.39, 0.29) is 5.92 Å². The van der Waals surface area contributed by atoms with Crippen LogP contribution < -0.4 is 5.32 Å². The van der Waals surface area contributed by atoms with Gasteiger partial charge in [0.1, 0.15) is 0 Å². The maximum Gasteiger partial charge on any atom is 0.0885 e. The molecule has 96 valence electrons. The zero-order valence-electron chi connectivity index (χ0n) is 11.1. The SMILES string of the molecule is CCc1ccccc1NCC(C#N)c1ccccc1. The molecular weight excluding hydrogens is 232 g/mol. The third-order valence-corrected chi connectivity index (χ3v) is 3.25. The molecule has 0 spiro atoms. The Bertz CT molecular complexity index is 555. The highest BCUT2D eigenvalue weighted by atomic mass is 14.9. The summed E-state index contributed by atoms with van der Waals surface area (Å²) in [6.07, 6.45) is 0.992. The summed E-state index contributed by atoms with van der Waals surface area (Å²) in [5, 5.41) is 12.7. The Kier molecular flexibility index (Phi) is 4.58. The van der Waals surface area contributed by atoms with Gasteiger partial charge in [-0.2, -0.15) is 5.26 Å². The van der Waals surface area contributed by atoms with E-state index in [2.05, 4.69) is 30.4 Å². The van der Waals surface area contributed by atoms with E-state index in [1.807, 2.05) is 42.5 Å². The molecule has 0 amide bonds. The van der Waals surface area contributed by atoms with E-state index in [0.717, 1.165) is 17.7 Å². The quantitative estimate of drug-likeness (QED) is 0.871. The molecule has 1 unspecified atom stereocenters. The van der Waals surface area contributed by atoms with Gasteiger partial charge in [0.25, 0.3) is 0 Å². The predicted octanol–water partition coefficient (Wildman–Crippen LogP) is 3.97. The van der Waals surface area contributed by atoms with Crippen LogP contribution in [0.5, 0.6) is 0 Å². The predicted molar refractivity (Wildman–Crippen MR) is 79.1 cm³/mol. The largest absolute Gasteiger partial charge is 0.383 e. The van der Waals surface area contributed by atoms with Gasteiger partial charge in [0.05, 0.1) is 12.0 Å². The number of hydrogen-bond donors (Lipinski definition) is 1. The Morgan fingerprint density at radius 1 is 1.05 bits per heavy atom. The topological polar surface area (TPSA) is 35.8 Å². The highest BCUT2D eigenvalue weighted by molar-refractivity contribution is 5.51. The minimum atomic E-state index is -0.119. The zero-order valence-corrected chi connectivity index (χ0v) is 11.1. The van der Waals surface area contributed by atoms with Crippen molar-refractivity contribution in [2.45, 2.75) is 19.3 Å². The summed E-state index contributed by atoms with van der Waals surface area (Å²) in [6.45, 7) is 2.77. The molecule has 1 atom stereocenters. The van der Waals surface area contributed by atoms with Crippen molar-refractivity contribution in [1.82, 2.24) is 0 Å². The van der Waals surface area contributed by atoms with E-state index >= 15 is 0 Å². The third kappa shape index (κ3) is 3.35. The Morgan fingerprint density at radius 3 is 2.42 bits per heavy atom. The molecule has 1 N–H and O–H groups in total. The molecule has 2 aromatic rings. The van der Waals surface area contributed by atoms with Crippen molar-refractivity contribution in [3.63, 3.8) is 0 Å². The van der Waals surface area contributed by atoms with Crippen LogP contribution in [-0.4, -0.2) is 6.54 Å². The molecule has 19 heavy (non-hydrogen) atoms. The number of nitrogens with zero attached hydrogens (tertiary/aromatic N) is 1. The molecule has 2 heteroatoms. The number of benzene rings is 2. The first-order chi connectivity index (χ1) is 9.35. The van der Waals surface area contributed by atoms with Gasteiger partial charge in [-0.1, -0.05) is 55.5 Å². The second-order valence-corrected chi connectivity index (χ2v) is 4.48. The van der Waals surface area contributed by atoms with Crippen molar-refractivity contribution in [3.05, 3.63) is 65.7 Å². The third-order valence-electron chi connectivity index (χ3n) is 3.25. The minimum Gasteiger partial charge on any atom is -0.383 e. The Morgan fingerprint density at radius 2 is 1.74 bits per heavy atom. The van der Waals surface area contributed by atoms with Gasteiger partial charge in [-0.25, -0.2) is 0 Å². The first-order valence-electron chi connectivity index (χ1n) is 6.61. The number of hydrogen-bond acceptors (Lipinski definition) is 2. The van der Waals surface area contributed by atoms with Crippen LogP contribution in [0.3, 0.4) is 0 Å². The van der Waals surface area contributed by atoms with Crippen molar-refractivity contribution in [2.75, 3.05) is 11.9 Å². The maximum absolute atomic E-state index is 9.29. The molecule has 2 aromatic carbocycles. The van der Waals surface area contributed by atoms with Crippen LogP contribution in [0.2, 0.25) is 0 Å². The van der Waals surface area contributed by atoms with E-state index in [9.17, 15) is 5.26 Å². The van der Waals surface area contributed by atoms with Gasteiger partial charge in [0, 0.05) is 12.2 Å². The van der Waals surface area contributed by atoms with Crippen LogP contribution in [0.1, 0.15) is 24.0 Å². The molecule has 0 radical (unpaired) electrons. The van der Waals surface area contributed by atoms with Gasteiger partial charge in [0.15, 0.2) is 0 Å². The Balaban J connectivity index is 2.07. The maximum atomic E-state index is 9.29. The first-order valence-corrected chi connectivity index (χ1v) is 6.61. The normalized spacial score (nSPS) is 11.6. The van der Waals surface area contributed by atoms with Gasteiger partial charge >= 0.3 is 0 Å². The molecule has 2 rings (SSSR count). The second-order valence-electron chi connectivity index (χ2n) is 4.48. The number of rotatable bonds is 5. The minimum absolute atomic E-state index is 0.119. The first kappa shape index (κ1) is 13.2. The molecule has 0 aromatic heterocycles. The molecule has 0 aliphatic rings. The van der Waals surface area contributed by atoms with Crippen LogP contribution in [-0.2, 0) is 6.42 Å². The summed E-state index contributed by atoms with van der Waals surface area (Å²) >= 11 is 0. The summed E-state index contributed by atoms with van der Waals surface area (Å²) in [4.78, 5) is 0. The van der Waals surface area contributed by atoms with Gasteiger partial charge in [-0.3, -0.25) is 0 Å². The fourth-order valence-electron chi connectivity index (χ4n) is 2.14. The van der Waals surface area contributed by atoms with Crippen LogP contribution in [0.25, 0.3) is 0 Å². The smallest absolute Gasteiger partial charge is 0.0885 e. The lowest BCUT2D eigenvalue weighted by Crippen LogP contribution is -2.12. The standard InChI is InChI=1S/C17H18N2/c1-2-14-8-6-7-11-17(14)19-13-16(12-18)15-9-4-3-5-10-15/h3-11,16,19H,2,13H2,1H3. The van der Waals surface area contributed by atoms with Crippen molar-refractivity contribution in [2.24, 2.45) is 0 Å². The lowest BCUT2D eigenvalue weighted by atomic mass is 10.0. The summed E-state index contributed by atoms with van der Waals surface area (Å²) in [5.74, 6) is -0.119. The highest BCUT2D eigenvalue weighted by Crippen LogP contribution is 2.19. The molecule has 0 fully saturated rings. The fourth-order valence-corrected chi connectivity index (χ4v) is 2.14. The Labute approximate surface area is 114 Å². The number of nitriles is 1. The zero-order chi connectivity index (χ0) is 13.5. The van der Waals surface area contributed by atoms with Crippen molar-refractivity contribution in [3.8, 4) is 6.07 Å². The summed E-state index contributed by atoms with van der Waals surface area (Å²) in [6, 6.07) is 20.5. The molecule has 0 heterocycles. The van der Waals surface area contributed by atoms with E-state index < -0.39 is 0 Å². The van der Waals surface area contributed by atoms with Crippen molar-refractivity contribution in [1.29, 1.82) is 5.26 Å². The molecule has 0 saturated carbocycles. The van der Waals surface area contributed by atoms with E-state index in [1.165, 1.54) is 5.56 Å². The van der Waals surface area contributed by atoms with Crippen molar-refractivity contribution < 1.29 is 0 Å². The molecule has 2 nitrogen and oxygen atoms in total. The van der Waals surface area contributed by atoms with Gasteiger partial charge in [-0.05, 0) is 23.6 Å². The summed E-state index contributed by atoms with van der Waals surface area (Å²) in [5.41, 5.74) is 3.47. The molecule has 0 aliphatic carbocycles.